The fraction of sp³-hybridized carbons (Fsp3) is 0.810. The van der Waals surface area contributed by atoms with Crippen molar-refractivity contribution in [2.24, 2.45) is 0 Å². The Bertz CT molecular complexity index is 628. The first kappa shape index (κ1) is 43.8. The van der Waals surface area contributed by atoms with Crippen molar-refractivity contribution in [3.05, 3.63) is 48.6 Å². The average Bonchev–Trinajstić information content (AvgIpc) is 3.04. The highest BCUT2D eigenvalue weighted by atomic mass is 16.5. The Morgan fingerprint density at radius 1 is 0.422 bits per heavy atom. The second-order valence-electron chi connectivity index (χ2n) is 13.4. The predicted molar refractivity (Wildman–Crippen MR) is 202 cm³/mol. The molecule has 0 aliphatic rings. The number of likely N-dealkylation sites (N-methyl/N-ethyl adjacent to an activating group) is 1. The molecule has 3 nitrogen and oxygen atoms in total. The summed E-state index contributed by atoms with van der Waals surface area (Å²) in [4.78, 5) is 0. The zero-order valence-corrected chi connectivity index (χ0v) is 30.9. The van der Waals surface area contributed by atoms with Crippen LogP contribution in [0.2, 0.25) is 0 Å². The van der Waals surface area contributed by atoms with Crippen LogP contribution in [0.1, 0.15) is 182 Å². The predicted octanol–water partition coefficient (Wildman–Crippen LogP) is 13.0. The van der Waals surface area contributed by atoms with Crippen molar-refractivity contribution in [1.82, 2.24) is 5.32 Å². The lowest BCUT2D eigenvalue weighted by Crippen LogP contribution is -2.50. The Balaban J connectivity index is 3.59. The Morgan fingerprint density at radius 3 is 1.11 bits per heavy atom. The van der Waals surface area contributed by atoms with Crippen molar-refractivity contribution in [3.63, 3.8) is 0 Å². The zero-order valence-electron chi connectivity index (χ0n) is 30.9. The topological polar surface area (TPSA) is 30.5 Å². The molecule has 0 aromatic rings. The SMILES string of the molecule is CCCCC/C=C\C/C=C\CCCCCCCCOCC(C)(COCCCCCCCC/C=C\C/C=C\CCCCC)NCC. The highest BCUT2D eigenvalue weighted by Crippen LogP contribution is 2.12. The maximum atomic E-state index is 6.09. The molecule has 0 atom stereocenters. The van der Waals surface area contributed by atoms with Crippen molar-refractivity contribution < 1.29 is 9.47 Å². The average molecular weight is 630 g/mol. The summed E-state index contributed by atoms with van der Waals surface area (Å²) >= 11 is 0. The van der Waals surface area contributed by atoms with E-state index in [2.05, 4.69) is 81.6 Å². The smallest absolute Gasteiger partial charge is 0.0668 e. The van der Waals surface area contributed by atoms with E-state index in [1.54, 1.807) is 0 Å². The minimum absolute atomic E-state index is 0.0918. The van der Waals surface area contributed by atoms with E-state index in [0.717, 1.165) is 45.8 Å². The zero-order chi connectivity index (χ0) is 32.8. The van der Waals surface area contributed by atoms with Gasteiger partial charge in [-0.05, 0) is 90.5 Å². The van der Waals surface area contributed by atoms with Crippen LogP contribution in [0.15, 0.2) is 48.6 Å². The summed E-state index contributed by atoms with van der Waals surface area (Å²) in [5.74, 6) is 0. The number of ether oxygens (including phenoxy) is 2. The van der Waals surface area contributed by atoms with Gasteiger partial charge in [0.25, 0.3) is 0 Å². The number of hydrogen-bond donors (Lipinski definition) is 1. The fourth-order valence-electron chi connectivity index (χ4n) is 5.55. The molecule has 0 aromatic heterocycles. The number of rotatable bonds is 36. The van der Waals surface area contributed by atoms with E-state index in [1.165, 1.54) is 141 Å². The van der Waals surface area contributed by atoms with Crippen LogP contribution in [-0.2, 0) is 9.47 Å². The highest BCUT2D eigenvalue weighted by Gasteiger charge is 2.23. The van der Waals surface area contributed by atoms with E-state index in [4.69, 9.17) is 9.47 Å². The minimum Gasteiger partial charge on any atom is -0.379 e. The Kier molecular flexibility index (Phi) is 36.3. The third-order valence-electron chi connectivity index (χ3n) is 8.42. The van der Waals surface area contributed by atoms with Crippen LogP contribution >= 0.6 is 0 Å². The summed E-state index contributed by atoms with van der Waals surface area (Å²) in [7, 11) is 0. The van der Waals surface area contributed by atoms with Crippen LogP contribution in [-0.4, -0.2) is 38.5 Å². The molecule has 45 heavy (non-hydrogen) atoms. The molecule has 3 heteroatoms. The van der Waals surface area contributed by atoms with Crippen LogP contribution in [0, 0.1) is 0 Å². The molecule has 1 N–H and O–H groups in total. The van der Waals surface area contributed by atoms with Crippen LogP contribution in [0.5, 0.6) is 0 Å². The van der Waals surface area contributed by atoms with E-state index in [-0.39, 0.29) is 5.54 Å². The largest absolute Gasteiger partial charge is 0.379 e. The maximum Gasteiger partial charge on any atom is 0.0668 e. The molecule has 0 amide bonds. The van der Waals surface area contributed by atoms with Crippen molar-refractivity contribution in [2.75, 3.05) is 33.0 Å². The fourth-order valence-corrected chi connectivity index (χ4v) is 5.55. The van der Waals surface area contributed by atoms with E-state index in [9.17, 15) is 0 Å². The molecular weight excluding hydrogens is 550 g/mol. The van der Waals surface area contributed by atoms with Crippen LogP contribution in [0.4, 0.5) is 0 Å². The molecule has 0 aliphatic heterocycles. The molecule has 0 aromatic carbocycles. The van der Waals surface area contributed by atoms with Gasteiger partial charge in [-0.25, -0.2) is 0 Å². The van der Waals surface area contributed by atoms with Crippen LogP contribution < -0.4 is 5.32 Å². The van der Waals surface area contributed by atoms with Gasteiger partial charge in [0, 0.05) is 13.2 Å². The van der Waals surface area contributed by atoms with Gasteiger partial charge < -0.3 is 14.8 Å². The van der Waals surface area contributed by atoms with Gasteiger partial charge in [-0.3, -0.25) is 0 Å². The first-order chi connectivity index (χ1) is 22.2. The van der Waals surface area contributed by atoms with Gasteiger partial charge in [0.15, 0.2) is 0 Å². The summed E-state index contributed by atoms with van der Waals surface area (Å²) in [5.41, 5.74) is -0.0918. The molecule has 0 aliphatic carbocycles. The third kappa shape index (κ3) is 35.5. The quantitative estimate of drug-likeness (QED) is 0.0552. The molecule has 0 unspecified atom stereocenters. The molecule has 0 fully saturated rings. The van der Waals surface area contributed by atoms with E-state index < -0.39 is 0 Å². The number of nitrogens with one attached hydrogen (secondary N) is 1. The Morgan fingerprint density at radius 2 is 0.756 bits per heavy atom. The number of allylic oxidation sites excluding steroid dienone is 8. The first-order valence-electron chi connectivity index (χ1n) is 19.7. The molecule has 0 radical (unpaired) electrons. The van der Waals surface area contributed by atoms with E-state index in [0.29, 0.717) is 0 Å². The van der Waals surface area contributed by atoms with Crippen molar-refractivity contribution >= 4 is 0 Å². The Labute approximate surface area is 283 Å². The number of unbranched alkanes of at least 4 members (excludes halogenated alkanes) is 18. The van der Waals surface area contributed by atoms with Crippen molar-refractivity contribution in [1.29, 1.82) is 0 Å². The molecule has 0 spiro atoms. The van der Waals surface area contributed by atoms with Gasteiger partial charge in [-0.15, -0.1) is 0 Å². The van der Waals surface area contributed by atoms with E-state index >= 15 is 0 Å². The lowest BCUT2D eigenvalue weighted by molar-refractivity contribution is 0.0120. The molecule has 0 saturated carbocycles. The number of hydrogen-bond acceptors (Lipinski definition) is 3. The molecule has 0 rings (SSSR count). The normalized spacial score (nSPS) is 12.7. The second kappa shape index (κ2) is 37.3. The Hall–Kier alpha value is -1.16. The highest BCUT2D eigenvalue weighted by molar-refractivity contribution is 4.93. The van der Waals surface area contributed by atoms with E-state index in [1.807, 2.05) is 0 Å². The summed E-state index contributed by atoms with van der Waals surface area (Å²) in [6, 6.07) is 0. The standard InChI is InChI=1S/C42H79NO2/c1-5-8-10-12-14-16-18-20-22-24-26-28-30-32-34-36-38-44-40-42(4,43-7-3)41-45-39-37-35-33-31-29-27-25-23-21-19-17-15-13-11-9-6-2/h14-17,20-23,43H,5-13,18-19,24-41H2,1-4H3/b16-14-,17-15-,22-20-,23-21-. The molecule has 0 bridgehead atoms. The monoisotopic (exact) mass is 630 g/mol. The second-order valence-corrected chi connectivity index (χ2v) is 13.4. The van der Waals surface area contributed by atoms with Gasteiger partial charge in [-0.2, -0.15) is 0 Å². The maximum absolute atomic E-state index is 6.09. The lowest BCUT2D eigenvalue weighted by Gasteiger charge is -2.30. The molecular formula is C42H79NO2. The van der Waals surface area contributed by atoms with Gasteiger partial charge in [-0.1, -0.05) is 146 Å². The first-order valence-corrected chi connectivity index (χ1v) is 19.7. The minimum atomic E-state index is -0.0918. The lowest BCUT2D eigenvalue weighted by atomic mass is 10.1. The molecule has 0 saturated heterocycles. The summed E-state index contributed by atoms with van der Waals surface area (Å²) in [6.07, 6.45) is 49.5. The third-order valence-corrected chi connectivity index (χ3v) is 8.42. The van der Waals surface area contributed by atoms with Gasteiger partial charge in [0.1, 0.15) is 0 Å². The van der Waals surface area contributed by atoms with Crippen LogP contribution in [0.25, 0.3) is 0 Å². The van der Waals surface area contributed by atoms with Gasteiger partial charge in [0.05, 0.1) is 18.8 Å². The van der Waals surface area contributed by atoms with Crippen molar-refractivity contribution in [3.8, 4) is 0 Å². The van der Waals surface area contributed by atoms with Crippen LogP contribution in [0.3, 0.4) is 0 Å². The molecule has 0 heterocycles. The summed E-state index contributed by atoms with van der Waals surface area (Å²) in [5, 5.41) is 3.60. The van der Waals surface area contributed by atoms with Crippen molar-refractivity contribution in [2.45, 2.75) is 187 Å². The van der Waals surface area contributed by atoms with Gasteiger partial charge >= 0.3 is 0 Å². The summed E-state index contributed by atoms with van der Waals surface area (Å²) < 4.78 is 12.2. The van der Waals surface area contributed by atoms with Gasteiger partial charge in [0.2, 0.25) is 0 Å². The molecule has 264 valence electrons. The summed E-state index contributed by atoms with van der Waals surface area (Å²) in [6.45, 7) is 13.1.